The lowest BCUT2D eigenvalue weighted by Gasteiger charge is -2.20. The van der Waals surface area contributed by atoms with Gasteiger partial charge in [-0.3, -0.25) is 4.90 Å². The van der Waals surface area contributed by atoms with Crippen LogP contribution in [-0.4, -0.2) is 18.1 Å². The number of aromatic nitrogens is 1. The average molecular weight is 285 g/mol. The predicted molar refractivity (Wildman–Crippen MR) is 84.9 cm³/mol. The Kier molecular flexibility index (Phi) is 4.55. The summed E-state index contributed by atoms with van der Waals surface area (Å²) in [5.41, 5.74) is 3.60. The van der Waals surface area contributed by atoms with Crippen LogP contribution in [0.4, 0.5) is 11.7 Å². The van der Waals surface area contributed by atoms with Gasteiger partial charge in [-0.05, 0) is 43.9 Å². The van der Waals surface area contributed by atoms with Gasteiger partial charge in [0.25, 0.3) is 0 Å². The van der Waals surface area contributed by atoms with Gasteiger partial charge in [0.05, 0.1) is 5.69 Å². The molecule has 112 valence electrons. The number of para-hydroxylation sites is 1. The minimum Gasteiger partial charge on any atom is -0.431 e. The quantitative estimate of drug-likeness (QED) is 0.851. The molecule has 3 rings (SSSR count). The fourth-order valence-electron chi connectivity index (χ4n) is 2.78. The molecule has 21 heavy (non-hydrogen) atoms. The molecule has 1 aliphatic rings. The number of hydrogen-bond acceptors (Lipinski definition) is 4. The molecule has 0 unspecified atom stereocenters. The van der Waals surface area contributed by atoms with Gasteiger partial charge in [0.1, 0.15) is 6.26 Å². The third kappa shape index (κ3) is 3.27. The van der Waals surface area contributed by atoms with E-state index in [0.29, 0.717) is 0 Å². The molecule has 2 heterocycles. The van der Waals surface area contributed by atoms with E-state index in [9.17, 15) is 0 Å². The molecule has 4 heteroatoms. The van der Waals surface area contributed by atoms with E-state index in [1.165, 1.54) is 24.1 Å². The SMILES string of the molecule is CCCNCc1coc(N2CCCCc3ccccc32)n1. The highest BCUT2D eigenvalue weighted by Gasteiger charge is 2.20. The van der Waals surface area contributed by atoms with Gasteiger partial charge in [-0.1, -0.05) is 25.1 Å². The standard InChI is InChI=1S/C17H23N3O/c1-2-10-18-12-15-13-21-17(19-15)20-11-6-5-8-14-7-3-4-9-16(14)20/h3-4,7,9,13,18H,2,5-6,8,10-12H2,1H3. The van der Waals surface area contributed by atoms with Crippen molar-refractivity contribution >= 4 is 11.7 Å². The molecule has 2 aromatic rings. The Bertz CT molecular complexity index is 579. The molecule has 4 nitrogen and oxygen atoms in total. The molecule has 0 fully saturated rings. The van der Waals surface area contributed by atoms with Crippen LogP contribution in [0.1, 0.15) is 37.4 Å². The number of rotatable bonds is 5. The predicted octanol–water partition coefficient (Wildman–Crippen LogP) is 3.65. The van der Waals surface area contributed by atoms with Crippen molar-refractivity contribution in [2.24, 2.45) is 0 Å². The zero-order valence-electron chi connectivity index (χ0n) is 12.6. The molecule has 1 aliphatic heterocycles. The number of benzene rings is 1. The van der Waals surface area contributed by atoms with E-state index in [-0.39, 0.29) is 0 Å². The first-order valence-electron chi connectivity index (χ1n) is 7.89. The van der Waals surface area contributed by atoms with Gasteiger partial charge in [-0.25, -0.2) is 0 Å². The maximum absolute atomic E-state index is 5.72. The van der Waals surface area contributed by atoms with Crippen LogP contribution in [0.3, 0.4) is 0 Å². The summed E-state index contributed by atoms with van der Waals surface area (Å²) < 4.78 is 5.72. The second-order valence-corrected chi connectivity index (χ2v) is 5.54. The highest BCUT2D eigenvalue weighted by Crippen LogP contribution is 2.31. The van der Waals surface area contributed by atoms with Crippen LogP contribution in [-0.2, 0) is 13.0 Å². The molecule has 0 saturated carbocycles. The van der Waals surface area contributed by atoms with Crippen LogP contribution in [0.5, 0.6) is 0 Å². The summed E-state index contributed by atoms with van der Waals surface area (Å²) in [4.78, 5) is 6.86. The van der Waals surface area contributed by atoms with Crippen LogP contribution < -0.4 is 10.2 Å². The summed E-state index contributed by atoms with van der Waals surface area (Å²) in [5, 5.41) is 3.36. The zero-order valence-corrected chi connectivity index (χ0v) is 12.6. The largest absolute Gasteiger partial charge is 0.431 e. The van der Waals surface area contributed by atoms with E-state index in [1.54, 1.807) is 6.26 Å². The first-order chi connectivity index (χ1) is 10.4. The highest BCUT2D eigenvalue weighted by molar-refractivity contribution is 5.61. The van der Waals surface area contributed by atoms with E-state index < -0.39 is 0 Å². The summed E-state index contributed by atoms with van der Waals surface area (Å²) in [7, 11) is 0. The summed E-state index contributed by atoms with van der Waals surface area (Å²) in [6.07, 6.45) is 6.42. The first-order valence-corrected chi connectivity index (χ1v) is 7.89. The van der Waals surface area contributed by atoms with Crippen LogP contribution in [0.2, 0.25) is 0 Å². The third-order valence-electron chi connectivity index (χ3n) is 3.86. The Hall–Kier alpha value is -1.81. The molecule has 0 amide bonds. The van der Waals surface area contributed by atoms with Crippen LogP contribution in [0.15, 0.2) is 34.9 Å². The molecule has 0 spiro atoms. The molecule has 0 saturated heterocycles. The first kappa shape index (κ1) is 14.1. The van der Waals surface area contributed by atoms with Crippen LogP contribution in [0, 0.1) is 0 Å². The lowest BCUT2D eigenvalue weighted by molar-refractivity contribution is 0.548. The number of hydrogen-bond donors (Lipinski definition) is 1. The lowest BCUT2D eigenvalue weighted by atomic mass is 10.1. The number of oxazole rings is 1. The molecule has 0 aliphatic carbocycles. The van der Waals surface area contributed by atoms with Crippen molar-refractivity contribution in [3.05, 3.63) is 41.8 Å². The average Bonchev–Trinajstić information content (AvgIpc) is 2.87. The Balaban J connectivity index is 1.80. The van der Waals surface area contributed by atoms with Crippen molar-refractivity contribution in [2.75, 3.05) is 18.0 Å². The molecule has 1 aromatic carbocycles. The van der Waals surface area contributed by atoms with Gasteiger partial charge in [0, 0.05) is 18.8 Å². The van der Waals surface area contributed by atoms with Gasteiger partial charge in [0.2, 0.25) is 0 Å². The van der Waals surface area contributed by atoms with Crippen molar-refractivity contribution in [1.82, 2.24) is 10.3 Å². The van der Waals surface area contributed by atoms with Gasteiger partial charge in [-0.2, -0.15) is 4.98 Å². The topological polar surface area (TPSA) is 41.3 Å². The zero-order chi connectivity index (χ0) is 14.5. The summed E-state index contributed by atoms with van der Waals surface area (Å²) in [5.74, 6) is 0. The minimum absolute atomic E-state index is 0.720. The fraction of sp³-hybridized carbons (Fsp3) is 0.471. The fourth-order valence-corrected chi connectivity index (χ4v) is 2.78. The Morgan fingerprint density at radius 3 is 3.10 bits per heavy atom. The minimum atomic E-state index is 0.720. The van der Waals surface area contributed by atoms with E-state index in [1.807, 2.05) is 0 Å². The van der Waals surface area contributed by atoms with Gasteiger partial charge < -0.3 is 9.73 Å². The molecule has 0 bridgehead atoms. The molecular weight excluding hydrogens is 262 g/mol. The van der Waals surface area contributed by atoms with Crippen molar-refractivity contribution in [2.45, 2.75) is 39.2 Å². The molecule has 0 atom stereocenters. The second-order valence-electron chi connectivity index (χ2n) is 5.54. The molecule has 1 N–H and O–H groups in total. The highest BCUT2D eigenvalue weighted by atomic mass is 16.4. The van der Waals surface area contributed by atoms with Crippen LogP contribution in [0.25, 0.3) is 0 Å². The Morgan fingerprint density at radius 1 is 1.29 bits per heavy atom. The van der Waals surface area contributed by atoms with Gasteiger partial charge in [-0.15, -0.1) is 0 Å². The van der Waals surface area contributed by atoms with Gasteiger partial charge >= 0.3 is 6.01 Å². The number of nitrogens with zero attached hydrogens (tertiary/aromatic N) is 2. The number of fused-ring (bicyclic) bond motifs is 1. The smallest absolute Gasteiger partial charge is 0.302 e. The van der Waals surface area contributed by atoms with Crippen molar-refractivity contribution in [3.63, 3.8) is 0 Å². The number of nitrogens with one attached hydrogen (secondary N) is 1. The third-order valence-corrected chi connectivity index (χ3v) is 3.86. The van der Waals surface area contributed by atoms with Crippen LogP contribution >= 0.6 is 0 Å². The van der Waals surface area contributed by atoms with E-state index in [0.717, 1.165) is 44.2 Å². The number of aryl methyl sites for hydroxylation is 1. The number of anilines is 2. The van der Waals surface area contributed by atoms with E-state index >= 15 is 0 Å². The monoisotopic (exact) mass is 285 g/mol. The Morgan fingerprint density at radius 2 is 2.19 bits per heavy atom. The molecule has 1 aromatic heterocycles. The van der Waals surface area contributed by atoms with Gasteiger partial charge in [0.15, 0.2) is 0 Å². The maximum Gasteiger partial charge on any atom is 0.302 e. The second kappa shape index (κ2) is 6.76. The lowest BCUT2D eigenvalue weighted by Crippen LogP contribution is -2.19. The summed E-state index contributed by atoms with van der Waals surface area (Å²) in [6, 6.07) is 9.29. The van der Waals surface area contributed by atoms with Crippen molar-refractivity contribution in [3.8, 4) is 0 Å². The Labute approximate surface area is 126 Å². The summed E-state index contributed by atoms with van der Waals surface area (Å²) >= 11 is 0. The van der Waals surface area contributed by atoms with E-state index in [4.69, 9.17) is 4.42 Å². The maximum atomic E-state index is 5.72. The van der Waals surface area contributed by atoms with E-state index in [2.05, 4.69) is 46.4 Å². The van der Waals surface area contributed by atoms with Crippen molar-refractivity contribution in [1.29, 1.82) is 0 Å². The molecule has 0 radical (unpaired) electrons. The normalized spacial score (nSPS) is 14.8. The molecular formula is C17H23N3O. The van der Waals surface area contributed by atoms with Crippen molar-refractivity contribution < 1.29 is 4.42 Å². The summed E-state index contributed by atoms with van der Waals surface area (Å²) in [6.45, 7) is 4.91.